The first-order valence-corrected chi connectivity index (χ1v) is 8.75. The molecule has 0 amide bonds. The molecule has 7 heteroatoms. The molecule has 0 saturated carbocycles. The van der Waals surface area contributed by atoms with E-state index in [0.717, 1.165) is 5.56 Å². The largest absolute Gasteiger partial charge is 0.545 e. The molecule has 24 heavy (non-hydrogen) atoms. The van der Waals surface area contributed by atoms with Crippen molar-refractivity contribution in [1.82, 2.24) is 0 Å². The van der Waals surface area contributed by atoms with Crippen molar-refractivity contribution < 1.29 is 23.1 Å². The number of methoxy groups -OCH3 is 1. The molecule has 0 radical (unpaired) electrons. The number of anilines is 1. The molecule has 0 spiro atoms. The molecule has 6 nitrogen and oxygen atoms in total. The highest BCUT2D eigenvalue weighted by Gasteiger charge is 2.21. The summed E-state index contributed by atoms with van der Waals surface area (Å²) < 4.78 is 32.9. The summed E-state index contributed by atoms with van der Waals surface area (Å²) in [6.45, 7) is 3.91. The van der Waals surface area contributed by atoms with Crippen LogP contribution < -0.4 is 14.6 Å². The zero-order valence-corrected chi connectivity index (χ0v) is 14.4. The number of ether oxygens (including phenoxy) is 1. The normalized spacial score (nSPS) is 11.3. The van der Waals surface area contributed by atoms with Gasteiger partial charge in [-0.2, -0.15) is 0 Å². The first kappa shape index (κ1) is 17.8. The number of carbonyl (C=O) groups excluding carboxylic acids is 1. The van der Waals surface area contributed by atoms with Gasteiger partial charge < -0.3 is 14.6 Å². The maximum Gasteiger partial charge on any atom is 0.265 e. The lowest BCUT2D eigenvalue weighted by Crippen LogP contribution is -2.22. The van der Waals surface area contributed by atoms with E-state index < -0.39 is 16.0 Å². The van der Waals surface area contributed by atoms with Crippen molar-refractivity contribution in [3.63, 3.8) is 0 Å². The van der Waals surface area contributed by atoms with Crippen LogP contribution in [0, 0.1) is 0 Å². The van der Waals surface area contributed by atoms with Gasteiger partial charge in [0.2, 0.25) is 0 Å². The molecule has 128 valence electrons. The Balaban J connectivity index is 2.45. The van der Waals surface area contributed by atoms with Crippen LogP contribution in [-0.4, -0.2) is 21.5 Å². The number of hydrogen-bond donors (Lipinski definition) is 1. The van der Waals surface area contributed by atoms with Crippen molar-refractivity contribution in [2.75, 3.05) is 11.8 Å². The molecule has 0 aliphatic carbocycles. The van der Waals surface area contributed by atoms with Gasteiger partial charge in [0.25, 0.3) is 10.0 Å². The Kier molecular flexibility index (Phi) is 5.14. The summed E-state index contributed by atoms with van der Waals surface area (Å²) in [5.41, 5.74) is 0.867. The molecular weight excluding hydrogens is 330 g/mol. The van der Waals surface area contributed by atoms with E-state index in [0.29, 0.717) is 0 Å². The summed E-state index contributed by atoms with van der Waals surface area (Å²) in [7, 11) is -2.55. The maximum atomic E-state index is 12.7. The first-order valence-electron chi connectivity index (χ1n) is 7.26. The van der Waals surface area contributed by atoms with Crippen molar-refractivity contribution in [1.29, 1.82) is 0 Å². The van der Waals surface area contributed by atoms with Gasteiger partial charge in [-0.1, -0.05) is 32.0 Å². The van der Waals surface area contributed by atoms with Gasteiger partial charge in [0.05, 0.1) is 13.1 Å². The number of rotatable bonds is 6. The highest BCUT2D eigenvalue weighted by atomic mass is 32.2. The van der Waals surface area contributed by atoms with E-state index in [2.05, 4.69) is 4.72 Å². The van der Waals surface area contributed by atoms with Gasteiger partial charge in [0.15, 0.2) is 0 Å². The van der Waals surface area contributed by atoms with Gasteiger partial charge in [0, 0.05) is 5.69 Å². The van der Waals surface area contributed by atoms with Crippen LogP contribution in [0.2, 0.25) is 0 Å². The lowest BCUT2D eigenvalue weighted by molar-refractivity contribution is -0.255. The molecule has 0 heterocycles. The smallest absolute Gasteiger partial charge is 0.265 e. The summed E-state index contributed by atoms with van der Waals surface area (Å²) in [6, 6.07) is 10.4. The second kappa shape index (κ2) is 6.92. The number of carboxylic acids is 1. The topological polar surface area (TPSA) is 95.5 Å². The van der Waals surface area contributed by atoms with Crippen LogP contribution >= 0.6 is 0 Å². The number of hydrogen-bond acceptors (Lipinski definition) is 5. The van der Waals surface area contributed by atoms with Crippen molar-refractivity contribution >= 4 is 21.7 Å². The van der Waals surface area contributed by atoms with Crippen LogP contribution in [0.25, 0.3) is 0 Å². The van der Waals surface area contributed by atoms with Gasteiger partial charge in [-0.05, 0) is 41.3 Å². The minimum Gasteiger partial charge on any atom is -0.545 e. The van der Waals surface area contributed by atoms with Crippen LogP contribution in [0.4, 0.5) is 5.69 Å². The van der Waals surface area contributed by atoms with Crippen LogP contribution in [0.5, 0.6) is 5.75 Å². The number of aromatic carboxylic acids is 1. The Morgan fingerprint density at radius 1 is 1.17 bits per heavy atom. The van der Waals surface area contributed by atoms with Crippen molar-refractivity contribution in [2.24, 2.45) is 0 Å². The fraction of sp³-hybridized carbons (Fsp3) is 0.235. The third-order valence-electron chi connectivity index (χ3n) is 3.49. The molecule has 1 N–H and O–H groups in total. The van der Waals surface area contributed by atoms with Crippen LogP contribution in [0.15, 0.2) is 47.4 Å². The Hall–Kier alpha value is -2.54. The van der Waals surface area contributed by atoms with Crippen molar-refractivity contribution in [3.05, 3.63) is 53.6 Å². The molecule has 0 aliphatic heterocycles. The average Bonchev–Trinajstić information content (AvgIpc) is 2.53. The Bertz CT molecular complexity index is 859. The van der Waals surface area contributed by atoms with Gasteiger partial charge in [-0.3, -0.25) is 4.72 Å². The van der Waals surface area contributed by atoms with Gasteiger partial charge in [-0.25, -0.2) is 8.42 Å². The predicted molar refractivity (Wildman–Crippen MR) is 88.7 cm³/mol. The van der Waals surface area contributed by atoms with Gasteiger partial charge in [-0.15, -0.1) is 0 Å². The summed E-state index contributed by atoms with van der Waals surface area (Å²) in [5, 5.41) is 10.9. The predicted octanol–water partition coefficient (Wildman–Crippen LogP) is 1.98. The number of carboxylic acid groups (broad SMARTS) is 1. The third kappa shape index (κ3) is 3.86. The summed E-state index contributed by atoms with van der Waals surface area (Å²) in [5.74, 6) is -1.02. The lowest BCUT2D eigenvalue weighted by atomic mass is 10.0. The monoisotopic (exact) mass is 348 g/mol. The molecule has 2 aromatic carbocycles. The molecule has 0 bridgehead atoms. The van der Waals surface area contributed by atoms with E-state index in [1.807, 2.05) is 13.8 Å². The van der Waals surface area contributed by atoms with E-state index in [9.17, 15) is 18.3 Å². The molecular formula is C17H18NO5S-. The van der Waals surface area contributed by atoms with E-state index in [1.165, 1.54) is 31.4 Å². The molecule has 0 atom stereocenters. The Morgan fingerprint density at radius 2 is 1.88 bits per heavy atom. The fourth-order valence-corrected chi connectivity index (χ4v) is 3.44. The second-order valence-electron chi connectivity index (χ2n) is 5.54. The summed E-state index contributed by atoms with van der Waals surface area (Å²) in [6.07, 6.45) is 0. The van der Waals surface area contributed by atoms with E-state index in [4.69, 9.17) is 4.74 Å². The fourth-order valence-electron chi connectivity index (χ4n) is 2.18. The lowest BCUT2D eigenvalue weighted by Gasteiger charge is -2.15. The first-order chi connectivity index (χ1) is 11.2. The third-order valence-corrected chi connectivity index (χ3v) is 4.90. The molecule has 0 aromatic heterocycles. The zero-order valence-electron chi connectivity index (χ0n) is 13.6. The molecule has 0 fully saturated rings. The van der Waals surface area contributed by atoms with Crippen LogP contribution in [0.1, 0.15) is 35.7 Å². The highest BCUT2D eigenvalue weighted by molar-refractivity contribution is 7.92. The minimum atomic E-state index is -3.94. The maximum absolute atomic E-state index is 12.7. The number of sulfonamides is 1. The number of nitrogens with one attached hydrogen (secondary N) is 1. The van der Waals surface area contributed by atoms with Crippen molar-refractivity contribution in [2.45, 2.75) is 24.7 Å². The molecule has 0 aliphatic rings. The molecule has 2 rings (SSSR count). The number of carbonyl (C=O) groups is 1. The quantitative estimate of drug-likeness (QED) is 0.861. The Morgan fingerprint density at radius 3 is 2.46 bits per heavy atom. The highest BCUT2D eigenvalue weighted by Crippen LogP contribution is 2.29. The minimum absolute atomic E-state index is 0.00458. The zero-order chi connectivity index (χ0) is 17.9. The summed E-state index contributed by atoms with van der Waals surface area (Å²) >= 11 is 0. The van der Waals surface area contributed by atoms with Crippen LogP contribution in [0.3, 0.4) is 0 Å². The SMILES string of the molecule is COc1ccc(C(C)C)cc1S(=O)(=O)Nc1cccc(C(=O)[O-])c1. The average molecular weight is 348 g/mol. The standard InChI is InChI=1S/C17H19NO5S/c1-11(2)12-7-8-15(23-3)16(10-12)24(21,22)18-14-6-4-5-13(9-14)17(19)20/h4-11,18H,1-3H3,(H,19,20)/p-1. The number of benzene rings is 2. The summed E-state index contributed by atoms with van der Waals surface area (Å²) in [4.78, 5) is 10.9. The molecule has 2 aromatic rings. The molecule has 0 unspecified atom stereocenters. The van der Waals surface area contributed by atoms with E-state index in [1.54, 1.807) is 18.2 Å². The second-order valence-corrected chi connectivity index (χ2v) is 7.19. The van der Waals surface area contributed by atoms with Gasteiger partial charge >= 0.3 is 0 Å². The molecule has 0 saturated heterocycles. The van der Waals surface area contributed by atoms with Crippen LogP contribution in [-0.2, 0) is 10.0 Å². The van der Waals surface area contributed by atoms with Crippen molar-refractivity contribution in [3.8, 4) is 5.75 Å². The van der Waals surface area contributed by atoms with E-state index in [-0.39, 0.29) is 27.8 Å². The Labute approximate surface area is 141 Å². The van der Waals surface area contributed by atoms with E-state index >= 15 is 0 Å². The van der Waals surface area contributed by atoms with Gasteiger partial charge in [0.1, 0.15) is 10.6 Å².